The Morgan fingerprint density at radius 3 is 2.82 bits per heavy atom. The number of unbranched alkanes of at least 4 members (excludes halogenated alkanes) is 3. The minimum atomic E-state index is 0.279. The molecule has 1 aromatic heterocycles. The summed E-state index contributed by atoms with van der Waals surface area (Å²) in [4.78, 5) is 13.0. The molecule has 33 heavy (non-hydrogen) atoms. The zero-order valence-electron chi connectivity index (χ0n) is 19.7. The molecule has 0 saturated carbocycles. The van der Waals surface area contributed by atoms with Crippen LogP contribution in [-0.2, 0) is 19.6 Å². The topological polar surface area (TPSA) is 86.2 Å². The van der Waals surface area contributed by atoms with Crippen LogP contribution in [0.1, 0.15) is 61.5 Å². The first kappa shape index (κ1) is 25.1. The third-order valence-corrected chi connectivity index (χ3v) is 6.58. The Bertz CT molecular complexity index is 965. The van der Waals surface area contributed by atoms with Gasteiger partial charge in [-0.15, -0.1) is 11.3 Å². The fourth-order valence-corrected chi connectivity index (χ4v) is 4.65. The Balaban J connectivity index is 1.75. The monoisotopic (exact) mass is 467 g/mol. The van der Waals surface area contributed by atoms with Gasteiger partial charge >= 0.3 is 0 Å². The van der Waals surface area contributed by atoms with E-state index in [9.17, 15) is 0 Å². The molecule has 6 nitrogen and oxygen atoms in total. The van der Waals surface area contributed by atoms with E-state index in [1.807, 2.05) is 6.07 Å². The number of thiophene rings is 1. The van der Waals surface area contributed by atoms with Gasteiger partial charge < -0.3 is 21.1 Å². The molecule has 2 aromatic rings. The highest BCUT2D eigenvalue weighted by Gasteiger charge is 2.19. The van der Waals surface area contributed by atoms with E-state index >= 15 is 0 Å². The second kappa shape index (κ2) is 13.3. The molecule has 178 valence electrons. The lowest BCUT2D eigenvalue weighted by molar-refractivity contribution is 0.283. The number of hydrogen-bond acceptors (Lipinski definition) is 7. The number of hydrogen-bond donors (Lipinski definition) is 3. The third-order valence-electron chi connectivity index (χ3n) is 5.68. The summed E-state index contributed by atoms with van der Waals surface area (Å²) in [5.41, 5.74) is 10.2. The zero-order chi connectivity index (χ0) is 23.5. The van der Waals surface area contributed by atoms with Crippen LogP contribution in [-0.4, -0.2) is 34.8 Å². The number of fused-ring (bicyclic) bond motifs is 1. The maximum Gasteiger partial charge on any atom is 0.149 e. The number of nitrogens with two attached hydrogens (primary N) is 1. The summed E-state index contributed by atoms with van der Waals surface area (Å²) in [6.45, 7) is 9.90. The number of nitrogens with zero attached hydrogens (tertiary/aromatic N) is 3. The van der Waals surface area contributed by atoms with Gasteiger partial charge in [-0.25, -0.2) is 9.98 Å². The van der Waals surface area contributed by atoms with Crippen molar-refractivity contribution in [3.8, 4) is 0 Å². The van der Waals surface area contributed by atoms with Crippen LogP contribution >= 0.6 is 11.3 Å². The number of aliphatic hydroxyl groups excluding tert-OH is 1. The Hall–Kier alpha value is -2.48. The summed E-state index contributed by atoms with van der Waals surface area (Å²) in [5.74, 6) is 1.41. The molecule has 1 aromatic carbocycles. The predicted molar refractivity (Wildman–Crippen MR) is 140 cm³/mol. The fraction of sp³-hybridized carbons (Fsp3) is 0.462. The second-order valence-corrected chi connectivity index (χ2v) is 9.44. The standard InChI is InChI=1S/C26H37N5OS/c1-3-4-11-25-29-20(2)26(27)30-23-12-15-33-24(23)19-31(25)18-22-10-8-9-21(16-22)17-28-13-6-5-7-14-32/h8-10,12,15-16,28,32H,2-7,11,13-14,17-19H2,1H3,(H2,27,30)/b29-25-. The van der Waals surface area contributed by atoms with Crippen LogP contribution in [0.2, 0.25) is 0 Å². The molecule has 0 atom stereocenters. The maximum absolute atomic E-state index is 8.90. The number of nitrogens with one attached hydrogen (secondary N) is 1. The molecule has 1 aliphatic rings. The van der Waals surface area contributed by atoms with Gasteiger partial charge in [0.05, 0.1) is 17.9 Å². The SMILES string of the molecule is C=C1/N=C(/CCCC)N(Cc2cccc(CNCCCCCO)c2)Cc2sccc2/N=C\1N. The van der Waals surface area contributed by atoms with Gasteiger partial charge in [-0.05, 0) is 54.8 Å². The highest BCUT2D eigenvalue weighted by Crippen LogP contribution is 2.29. The van der Waals surface area contributed by atoms with Crippen molar-refractivity contribution in [3.63, 3.8) is 0 Å². The van der Waals surface area contributed by atoms with Crippen LogP contribution < -0.4 is 11.1 Å². The number of aliphatic hydroxyl groups is 1. The maximum atomic E-state index is 8.90. The molecule has 3 rings (SSSR count). The quantitative estimate of drug-likeness (QED) is 0.379. The molecule has 2 heterocycles. The van der Waals surface area contributed by atoms with Gasteiger partial charge in [0.2, 0.25) is 0 Å². The first-order valence-electron chi connectivity index (χ1n) is 11.9. The summed E-state index contributed by atoms with van der Waals surface area (Å²) in [6.07, 6.45) is 6.08. The Morgan fingerprint density at radius 2 is 2.00 bits per heavy atom. The molecule has 0 fully saturated rings. The summed E-state index contributed by atoms with van der Waals surface area (Å²) in [6, 6.07) is 10.8. The van der Waals surface area contributed by atoms with Gasteiger partial charge in [0.15, 0.2) is 0 Å². The largest absolute Gasteiger partial charge is 0.396 e. The normalized spacial score (nSPS) is 17.4. The van der Waals surface area contributed by atoms with Gasteiger partial charge in [-0.2, -0.15) is 0 Å². The Morgan fingerprint density at radius 1 is 1.15 bits per heavy atom. The highest BCUT2D eigenvalue weighted by molar-refractivity contribution is 7.10. The van der Waals surface area contributed by atoms with E-state index < -0.39 is 0 Å². The van der Waals surface area contributed by atoms with Crippen LogP contribution in [0.4, 0.5) is 5.69 Å². The van der Waals surface area contributed by atoms with Crippen molar-refractivity contribution in [2.45, 2.75) is 65.1 Å². The minimum Gasteiger partial charge on any atom is -0.396 e. The van der Waals surface area contributed by atoms with Crippen LogP contribution in [0.15, 0.2) is 58.0 Å². The molecule has 0 aliphatic carbocycles. The van der Waals surface area contributed by atoms with Gasteiger partial charge in [0.25, 0.3) is 0 Å². The molecule has 4 N–H and O–H groups in total. The minimum absolute atomic E-state index is 0.279. The van der Waals surface area contributed by atoms with E-state index in [4.69, 9.17) is 15.8 Å². The van der Waals surface area contributed by atoms with Crippen molar-refractivity contribution in [2.24, 2.45) is 15.7 Å². The van der Waals surface area contributed by atoms with Crippen LogP contribution in [0.25, 0.3) is 0 Å². The highest BCUT2D eigenvalue weighted by atomic mass is 32.1. The van der Waals surface area contributed by atoms with E-state index in [1.165, 1.54) is 16.0 Å². The molecule has 0 saturated heterocycles. The van der Waals surface area contributed by atoms with Crippen molar-refractivity contribution >= 4 is 28.7 Å². The summed E-state index contributed by atoms with van der Waals surface area (Å²) >= 11 is 1.71. The Kier molecular flexibility index (Phi) is 10.1. The van der Waals surface area contributed by atoms with E-state index in [-0.39, 0.29) is 6.61 Å². The summed E-state index contributed by atoms with van der Waals surface area (Å²) in [7, 11) is 0. The van der Waals surface area contributed by atoms with Crippen molar-refractivity contribution in [1.82, 2.24) is 10.2 Å². The van der Waals surface area contributed by atoms with Crippen molar-refractivity contribution < 1.29 is 5.11 Å². The number of amidine groups is 2. The second-order valence-electron chi connectivity index (χ2n) is 8.44. The smallest absolute Gasteiger partial charge is 0.149 e. The van der Waals surface area contributed by atoms with Gasteiger partial charge in [0.1, 0.15) is 11.7 Å². The lowest BCUT2D eigenvalue weighted by atomic mass is 10.1. The lowest BCUT2D eigenvalue weighted by Crippen LogP contribution is -2.30. The van der Waals surface area contributed by atoms with Gasteiger partial charge in [-0.3, -0.25) is 0 Å². The third kappa shape index (κ3) is 7.81. The predicted octanol–water partition coefficient (Wildman–Crippen LogP) is 5.11. The number of benzene rings is 1. The van der Waals surface area contributed by atoms with E-state index in [0.717, 1.165) is 76.2 Å². The van der Waals surface area contributed by atoms with E-state index in [0.29, 0.717) is 11.5 Å². The molecule has 1 aliphatic heterocycles. The average molecular weight is 468 g/mol. The molecular formula is C26H37N5OS. The number of aliphatic imine (C=N–C) groups is 2. The van der Waals surface area contributed by atoms with Crippen LogP contribution in [0.3, 0.4) is 0 Å². The first-order valence-corrected chi connectivity index (χ1v) is 12.8. The molecule has 0 radical (unpaired) electrons. The van der Waals surface area contributed by atoms with Crippen LogP contribution in [0.5, 0.6) is 0 Å². The van der Waals surface area contributed by atoms with Gasteiger partial charge in [-0.1, -0.05) is 44.2 Å². The van der Waals surface area contributed by atoms with Crippen LogP contribution in [0, 0.1) is 0 Å². The van der Waals surface area contributed by atoms with Crippen molar-refractivity contribution in [2.75, 3.05) is 13.2 Å². The summed E-state index contributed by atoms with van der Waals surface area (Å²) in [5, 5.41) is 14.5. The molecule has 7 heteroatoms. The van der Waals surface area contributed by atoms with E-state index in [2.05, 4.69) is 58.4 Å². The van der Waals surface area contributed by atoms with Gasteiger partial charge in [0, 0.05) is 31.0 Å². The fourth-order valence-electron chi connectivity index (χ4n) is 3.82. The zero-order valence-corrected chi connectivity index (χ0v) is 20.5. The molecular weight excluding hydrogens is 430 g/mol. The number of rotatable bonds is 12. The van der Waals surface area contributed by atoms with Crippen molar-refractivity contribution in [3.05, 3.63) is 64.0 Å². The molecule has 0 bridgehead atoms. The first-order chi connectivity index (χ1) is 16.1. The molecule has 0 amide bonds. The molecule has 0 spiro atoms. The summed E-state index contributed by atoms with van der Waals surface area (Å²) < 4.78 is 0. The Labute approximate surface area is 202 Å². The lowest BCUT2D eigenvalue weighted by Gasteiger charge is -2.26. The average Bonchev–Trinajstić information content (AvgIpc) is 3.25. The van der Waals surface area contributed by atoms with E-state index in [1.54, 1.807) is 11.3 Å². The van der Waals surface area contributed by atoms with Crippen molar-refractivity contribution in [1.29, 1.82) is 0 Å². The molecule has 0 unspecified atom stereocenters.